The second-order valence-corrected chi connectivity index (χ2v) is 2.58. The average Bonchev–Trinajstić information content (AvgIpc) is 1.85. The van der Waals surface area contributed by atoms with E-state index in [1.807, 2.05) is 0 Å². The Kier molecular flexibility index (Phi) is 2.31. The van der Waals surface area contributed by atoms with Crippen LogP contribution in [0.4, 0.5) is 0 Å². The fourth-order valence-corrected chi connectivity index (χ4v) is 1.13. The van der Waals surface area contributed by atoms with Crippen molar-refractivity contribution < 1.29 is 9.90 Å². The number of halogens is 2. The maximum atomic E-state index is 10.3. The third kappa shape index (κ3) is 1.61. The summed E-state index contributed by atoms with van der Waals surface area (Å²) in [4.78, 5) is 13.9. The number of hydrogen-bond acceptors (Lipinski definition) is 3. The molecule has 0 unspecified atom stereocenters. The van der Waals surface area contributed by atoms with E-state index in [4.69, 9.17) is 23.2 Å². The van der Waals surface area contributed by atoms with E-state index in [0.717, 1.165) is 0 Å². The molecule has 11 heavy (non-hydrogen) atoms. The molecule has 0 fully saturated rings. The van der Waals surface area contributed by atoms with Gasteiger partial charge >= 0.3 is 0 Å². The van der Waals surface area contributed by atoms with Gasteiger partial charge in [-0.3, -0.25) is 4.98 Å². The highest BCUT2D eigenvalue weighted by Crippen LogP contribution is 2.21. The second kappa shape index (κ2) is 3.07. The summed E-state index contributed by atoms with van der Waals surface area (Å²) in [5.41, 5.74) is -0.219. The molecule has 1 aromatic rings. The zero-order valence-electron chi connectivity index (χ0n) is 5.17. The Hall–Kier alpha value is -0.800. The number of hydrogen-bond donors (Lipinski definition) is 0. The van der Waals surface area contributed by atoms with Gasteiger partial charge in [0.2, 0.25) is 0 Å². The minimum absolute atomic E-state index is 0.0162. The van der Waals surface area contributed by atoms with Crippen LogP contribution in [0.5, 0.6) is 0 Å². The fourth-order valence-electron chi connectivity index (χ4n) is 0.606. The van der Waals surface area contributed by atoms with E-state index in [-0.39, 0.29) is 15.6 Å². The van der Waals surface area contributed by atoms with Crippen molar-refractivity contribution in [2.24, 2.45) is 0 Å². The SMILES string of the molecule is O=C([O-])c1c(Cl)cncc1Cl. The lowest BCUT2D eigenvalue weighted by molar-refractivity contribution is -0.255. The molecule has 0 bridgehead atoms. The molecule has 0 spiro atoms. The summed E-state index contributed by atoms with van der Waals surface area (Å²) >= 11 is 10.9. The van der Waals surface area contributed by atoms with Crippen LogP contribution in [-0.4, -0.2) is 11.0 Å². The molecule has 0 N–H and O–H groups in total. The van der Waals surface area contributed by atoms with E-state index in [2.05, 4.69) is 4.98 Å². The number of rotatable bonds is 1. The number of carboxylic acids is 1. The van der Waals surface area contributed by atoms with Gasteiger partial charge in [0.25, 0.3) is 0 Å². The molecule has 58 valence electrons. The molecule has 0 radical (unpaired) electrons. The van der Waals surface area contributed by atoms with Gasteiger partial charge in [0.1, 0.15) is 0 Å². The summed E-state index contributed by atoms with van der Waals surface area (Å²) in [6.07, 6.45) is 2.39. The Morgan fingerprint density at radius 3 is 2.09 bits per heavy atom. The quantitative estimate of drug-likeness (QED) is 0.658. The van der Waals surface area contributed by atoms with E-state index in [1.165, 1.54) is 12.4 Å². The lowest BCUT2D eigenvalue weighted by atomic mass is 10.3. The summed E-state index contributed by atoms with van der Waals surface area (Å²) in [5, 5.41) is 10.3. The van der Waals surface area contributed by atoms with E-state index < -0.39 is 5.97 Å². The predicted molar refractivity (Wildman–Crippen MR) is 38.6 cm³/mol. The third-order valence-corrected chi connectivity index (χ3v) is 1.63. The van der Waals surface area contributed by atoms with E-state index in [1.54, 1.807) is 0 Å². The topological polar surface area (TPSA) is 53.0 Å². The standard InChI is InChI=1S/C6H3Cl2NO2/c7-3-1-9-2-4(8)5(3)6(10)11/h1-2H,(H,10,11)/p-1. The van der Waals surface area contributed by atoms with Gasteiger partial charge in [-0.2, -0.15) is 0 Å². The normalized spacial score (nSPS) is 9.64. The molecule has 0 saturated heterocycles. The smallest absolute Gasteiger partial charge is 0.0746 e. The first-order valence-corrected chi connectivity index (χ1v) is 3.39. The second-order valence-electron chi connectivity index (χ2n) is 1.77. The van der Waals surface area contributed by atoms with Crippen molar-refractivity contribution in [3.8, 4) is 0 Å². The Labute approximate surface area is 72.6 Å². The lowest BCUT2D eigenvalue weighted by Crippen LogP contribution is -2.23. The van der Waals surface area contributed by atoms with Crippen LogP contribution >= 0.6 is 23.2 Å². The molecule has 0 aromatic carbocycles. The summed E-state index contributed by atoms with van der Waals surface area (Å²) in [6.45, 7) is 0. The maximum absolute atomic E-state index is 10.3. The molecule has 1 rings (SSSR count). The highest BCUT2D eigenvalue weighted by molar-refractivity contribution is 6.38. The molecule has 1 heterocycles. The molecule has 0 saturated carbocycles. The third-order valence-electron chi connectivity index (χ3n) is 1.06. The van der Waals surface area contributed by atoms with Gasteiger partial charge in [0.05, 0.1) is 16.0 Å². The Balaban J connectivity index is 3.32. The largest absolute Gasteiger partial charge is 0.545 e. The van der Waals surface area contributed by atoms with Crippen LogP contribution in [0.3, 0.4) is 0 Å². The van der Waals surface area contributed by atoms with Crippen molar-refractivity contribution in [2.75, 3.05) is 0 Å². The zero-order chi connectivity index (χ0) is 8.43. The van der Waals surface area contributed by atoms with Crippen LogP contribution in [-0.2, 0) is 0 Å². The predicted octanol–water partition coefficient (Wildman–Crippen LogP) is 0.752. The van der Waals surface area contributed by atoms with Crippen LogP contribution in [0, 0.1) is 0 Å². The first-order valence-electron chi connectivity index (χ1n) is 2.63. The Morgan fingerprint density at radius 1 is 1.36 bits per heavy atom. The monoisotopic (exact) mass is 190 g/mol. The number of aromatic nitrogens is 1. The molecular weight excluding hydrogens is 189 g/mol. The fraction of sp³-hybridized carbons (Fsp3) is 0. The Bertz CT molecular complexity index is 280. The molecule has 0 aliphatic heterocycles. The van der Waals surface area contributed by atoms with Crippen molar-refractivity contribution in [1.29, 1.82) is 0 Å². The zero-order valence-corrected chi connectivity index (χ0v) is 6.69. The van der Waals surface area contributed by atoms with E-state index in [0.29, 0.717) is 0 Å². The molecule has 0 aliphatic rings. The van der Waals surface area contributed by atoms with Gasteiger partial charge in [-0.05, 0) is 0 Å². The first kappa shape index (κ1) is 8.30. The van der Waals surface area contributed by atoms with Crippen LogP contribution in [0.2, 0.25) is 10.0 Å². The minimum atomic E-state index is -1.40. The molecule has 1 aromatic heterocycles. The van der Waals surface area contributed by atoms with Crippen LogP contribution < -0.4 is 5.11 Å². The van der Waals surface area contributed by atoms with Crippen molar-refractivity contribution in [1.82, 2.24) is 4.98 Å². The Morgan fingerprint density at radius 2 is 1.82 bits per heavy atom. The van der Waals surface area contributed by atoms with Crippen molar-refractivity contribution in [3.63, 3.8) is 0 Å². The summed E-state index contributed by atoms with van der Waals surface area (Å²) in [7, 11) is 0. The number of aromatic carboxylic acids is 1. The van der Waals surface area contributed by atoms with Crippen LogP contribution in [0.25, 0.3) is 0 Å². The molecule has 0 atom stereocenters. The number of carbonyl (C=O) groups is 1. The highest BCUT2D eigenvalue weighted by atomic mass is 35.5. The van der Waals surface area contributed by atoms with Crippen LogP contribution in [0.1, 0.15) is 10.4 Å². The van der Waals surface area contributed by atoms with Gasteiger partial charge < -0.3 is 9.90 Å². The van der Waals surface area contributed by atoms with E-state index >= 15 is 0 Å². The van der Waals surface area contributed by atoms with Gasteiger partial charge in [-0.15, -0.1) is 0 Å². The van der Waals surface area contributed by atoms with Gasteiger partial charge in [0, 0.05) is 18.0 Å². The molecule has 0 aliphatic carbocycles. The summed E-state index contributed by atoms with van der Waals surface area (Å²) in [5.74, 6) is -1.40. The molecular formula is C6H2Cl2NO2-. The van der Waals surface area contributed by atoms with Crippen LogP contribution in [0.15, 0.2) is 12.4 Å². The van der Waals surface area contributed by atoms with E-state index in [9.17, 15) is 9.90 Å². The number of carbonyl (C=O) groups excluding carboxylic acids is 1. The van der Waals surface area contributed by atoms with Crippen molar-refractivity contribution in [2.45, 2.75) is 0 Å². The number of pyridine rings is 1. The summed E-state index contributed by atoms with van der Waals surface area (Å²) in [6, 6.07) is 0. The van der Waals surface area contributed by atoms with Gasteiger partial charge in [-0.25, -0.2) is 0 Å². The number of carboxylic acid groups (broad SMARTS) is 1. The van der Waals surface area contributed by atoms with Crippen molar-refractivity contribution in [3.05, 3.63) is 28.0 Å². The molecule has 0 amide bonds. The molecule has 3 nitrogen and oxygen atoms in total. The maximum Gasteiger partial charge on any atom is 0.0746 e. The van der Waals surface area contributed by atoms with Gasteiger partial charge in [-0.1, -0.05) is 23.2 Å². The molecule has 5 heteroatoms. The number of nitrogens with zero attached hydrogens (tertiary/aromatic N) is 1. The minimum Gasteiger partial charge on any atom is -0.545 e. The highest BCUT2D eigenvalue weighted by Gasteiger charge is 2.05. The average molecular weight is 191 g/mol. The van der Waals surface area contributed by atoms with Gasteiger partial charge in [0.15, 0.2) is 0 Å². The lowest BCUT2D eigenvalue weighted by Gasteiger charge is -2.05. The summed E-state index contributed by atoms with van der Waals surface area (Å²) < 4.78 is 0. The van der Waals surface area contributed by atoms with Crippen molar-refractivity contribution >= 4 is 29.2 Å². The first-order chi connectivity index (χ1) is 5.13.